The maximum atomic E-state index is 6.87. The van der Waals surface area contributed by atoms with Gasteiger partial charge in [0.25, 0.3) is 0 Å². The summed E-state index contributed by atoms with van der Waals surface area (Å²) in [5.74, 6) is 2.53. The van der Waals surface area contributed by atoms with Crippen LogP contribution in [0.3, 0.4) is 0 Å². The number of nitrogens with zero attached hydrogens (tertiary/aromatic N) is 4. The van der Waals surface area contributed by atoms with Crippen molar-refractivity contribution in [2.45, 2.75) is 52.4 Å². The summed E-state index contributed by atoms with van der Waals surface area (Å²) in [6.45, 7) is 14.3. The van der Waals surface area contributed by atoms with Crippen molar-refractivity contribution in [2.24, 2.45) is 0 Å². The van der Waals surface area contributed by atoms with Gasteiger partial charge in [-0.05, 0) is 82.6 Å². The number of rotatable bonds is 4. The van der Waals surface area contributed by atoms with Crippen LogP contribution in [0.5, 0.6) is 11.5 Å². The highest BCUT2D eigenvalue weighted by Gasteiger charge is 2.30. The lowest BCUT2D eigenvalue weighted by Crippen LogP contribution is -2.24. The summed E-state index contributed by atoms with van der Waals surface area (Å²) in [6, 6.07) is 39.5. The fraction of sp³-hybridized carbons (Fsp3) is 0.222. The number of para-hydroxylation sites is 1. The number of thiophene rings is 1. The predicted molar refractivity (Wildman–Crippen MR) is 217 cm³/mol. The monoisotopic (exact) mass is 686 g/mol. The van der Waals surface area contributed by atoms with Gasteiger partial charge in [-0.1, -0.05) is 77.9 Å². The van der Waals surface area contributed by atoms with Crippen LogP contribution in [0.25, 0.3) is 47.8 Å². The maximum absolute atomic E-state index is 6.87. The second-order valence-electron chi connectivity index (χ2n) is 15.9. The van der Waals surface area contributed by atoms with Crippen LogP contribution in [0.4, 0.5) is 17.1 Å². The van der Waals surface area contributed by atoms with Gasteiger partial charge in [0.2, 0.25) is 0 Å². The average Bonchev–Trinajstić information content (AvgIpc) is 3.76. The highest BCUT2D eigenvalue weighted by atomic mass is 32.1. The zero-order valence-corrected chi connectivity index (χ0v) is 31.1. The van der Waals surface area contributed by atoms with Crippen molar-refractivity contribution in [3.63, 3.8) is 0 Å². The topological polar surface area (TPSA) is 33.5 Å². The smallest absolute Gasteiger partial charge is 0.137 e. The second kappa shape index (κ2) is 11.3. The fourth-order valence-electron chi connectivity index (χ4n) is 7.57. The molecule has 0 bridgehead atoms. The van der Waals surface area contributed by atoms with E-state index in [9.17, 15) is 0 Å². The lowest BCUT2D eigenvalue weighted by Gasteiger charge is -2.26. The Labute approximate surface area is 303 Å². The van der Waals surface area contributed by atoms with E-state index in [0.29, 0.717) is 0 Å². The van der Waals surface area contributed by atoms with Crippen molar-refractivity contribution in [3.05, 3.63) is 127 Å². The molecule has 0 fully saturated rings. The molecule has 3 aromatic heterocycles. The molecule has 0 unspecified atom stereocenters. The Bertz CT molecular complexity index is 2650. The molecule has 1 aliphatic heterocycles. The number of hydrogen-bond donors (Lipinski definition) is 0. The van der Waals surface area contributed by atoms with Gasteiger partial charge >= 0.3 is 0 Å². The van der Waals surface area contributed by atoms with Gasteiger partial charge in [-0.15, -0.1) is 11.3 Å². The van der Waals surface area contributed by atoms with E-state index in [-0.39, 0.29) is 10.8 Å². The zero-order valence-electron chi connectivity index (χ0n) is 30.3. The van der Waals surface area contributed by atoms with Gasteiger partial charge in [0.15, 0.2) is 0 Å². The Morgan fingerprint density at radius 3 is 2.20 bits per heavy atom. The first-order valence-corrected chi connectivity index (χ1v) is 18.5. The number of ether oxygens (including phenoxy) is 1. The first-order chi connectivity index (χ1) is 24.4. The molecule has 0 atom stereocenters. The summed E-state index contributed by atoms with van der Waals surface area (Å²) >= 11 is 1.87. The lowest BCUT2D eigenvalue weighted by molar-refractivity contribution is 0.479. The summed E-state index contributed by atoms with van der Waals surface area (Å²) in [5.41, 5.74) is 8.25. The minimum absolute atomic E-state index is 0.00740. The van der Waals surface area contributed by atoms with Gasteiger partial charge in [-0.25, -0.2) is 4.98 Å². The van der Waals surface area contributed by atoms with Crippen molar-refractivity contribution < 1.29 is 4.74 Å². The molecule has 0 spiro atoms. The minimum Gasteiger partial charge on any atom is -0.457 e. The van der Waals surface area contributed by atoms with E-state index in [1.54, 1.807) is 0 Å². The zero-order chi connectivity index (χ0) is 35.2. The Balaban J connectivity index is 1.18. The quantitative estimate of drug-likeness (QED) is 0.185. The molecular weight excluding hydrogens is 645 g/mol. The lowest BCUT2D eigenvalue weighted by atomic mass is 9.86. The Kier molecular flexibility index (Phi) is 7.04. The standard InChI is InChI=1S/C45H42N4OS/c1-44(2,3)28-20-21-46-41(24-28)49-36-14-10-8-12-33(36)34-17-16-31(26-38(34)49)50-32-23-29(45(4,5)6)22-30(25-32)48-27-47(7)37-18-19-40-42(43(37)48)35-13-9-11-15-39(35)51-40/h8-26H,27H2,1-7H3. The molecule has 5 nitrogen and oxygen atoms in total. The highest BCUT2D eigenvalue weighted by Crippen LogP contribution is 2.50. The Morgan fingerprint density at radius 1 is 0.647 bits per heavy atom. The molecule has 254 valence electrons. The van der Waals surface area contributed by atoms with E-state index in [1.165, 1.54) is 53.4 Å². The number of aromatic nitrogens is 2. The van der Waals surface area contributed by atoms with Crippen molar-refractivity contribution in [2.75, 3.05) is 23.5 Å². The molecule has 1 aliphatic rings. The van der Waals surface area contributed by atoms with Gasteiger partial charge in [0.05, 0.1) is 29.1 Å². The number of anilines is 3. The van der Waals surface area contributed by atoms with Crippen LogP contribution >= 0.6 is 11.3 Å². The highest BCUT2D eigenvalue weighted by molar-refractivity contribution is 7.26. The van der Waals surface area contributed by atoms with Crippen LogP contribution in [-0.2, 0) is 10.8 Å². The summed E-state index contributed by atoms with van der Waals surface area (Å²) in [4.78, 5) is 9.69. The van der Waals surface area contributed by atoms with Crippen LogP contribution in [0.2, 0.25) is 0 Å². The van der Waals surface area contributed by atoms with Crippen molar-refractivity contribution in [1.29, 1.82) is 0 Å². The molecule has 0 radical (unpaired) electrons. The number of hydrogen-bond acceptors (Lipinski definition) is 5. The maximum Gasteiger partial charge on any atom is 0.137 e. The normalized spacial score (nSPS) is 13.6. The first-order valence-electron chi connectivity index (χ1n) is 17.7. The van der Waals surface area contributed by atoms with Crippen LogP contribution < -0.4 is 14.5 Å². The first kappa shape index (κ1) is 31.6. The SMILES string of the molecule is CN1CN(c2cc(Oc3ccc4c5ccccc5n(-c5cc(C(C)(C)C)ccn5)c4c3)cc(C(C)(C)C)c2)c2c1ccc1sc3ccccc3c21. The van der Waals surface area contributed by atoms with Crippen LogP contribution in [0, 0.1) is 0 Å². The van der Waals surface area contributed by atoms with Gasteiger partial charge in [0, 0.05) is 62.0 Å². The molecule has 51 heavy (non-hydrogen) atoms. The third-order valence-electron chi connectivity index (χ3n) is 10.3. The largest absolute Gasteiger partial charge is 0.457 e. The Morgan fingerprint density at radius 2 is 1.39 bits per heavy atom. The summed E-state index contributed by atoms with van der Waals surface area (Å²) in [6.07, 6.45) is 1.93. The summed E-state index contributed by atoms with van der Waals surface area (Å²) in [5, 5.41) is 5.00. The molecule has 0 amide bonds. The van der Waals surface area contributed by atoms with Crippen LogP contribution in [0.1, 0.15) is 52.7 Å². The summed E-state index contributed by atoms with van der Waals surface area (Å²) in [7, 11) is 2.19. The molecular formula is C45H42N4OS. The van der Waals surface area contributed by atoms with Gasteiger partial charge in [-0.2, -0.15) is 0 Å². The van der Waals surface area contributed by atoms with Crippen molar-refractivity contribution in [1.82, 2.24) is 9.55 Å². The fourth-order valence-corrected chi connectivity index (χ4v) is 8.68. The molecule has 0 N–H and O–H groups in total. The van der Waals surface area contributed by atoms with E-state index >= 15 is 0 Å². The Hall–Kier alpha value is -5.33. The predicted octanol–water partition coefficient (Wildman–Crippen LogP) is 12.5. The van der Waals surface area contributed by atoms with E-state index < -0.39 is 0 Å². The van der Waals surface area contributed by atoms with E-state index in [2.05, 4.69) is 172 Å². The molecule has 8 aromatic rings. The third kappa shape index (κ3) is 5.23. The molecule has 4 heterocycles. The molecule has 6 heteroatoms. The average molecular weight is 687 g/mol. The molecule has 5 aromatic carbocycles. The van der Waals surface area contributed by atoms with E-state index in [4.69, 9.17) is 9.72 Å². The molecule has 9 rings (SSSR count). The molecule has 0 saturated carbocycles. The number of pyridine rings is 1. The van der Waals surface area contributed by atoms with E-state index in [0.717, 1.165) is 40.7 Å². The van der Waals surface area contributed by atoms with Gasteiger partial charge < -0.3 is 14.5 Å². The van der Waals surface area contributed by atoms with Crippen molar-refractivity contribution >= 4 is 70.4 Å². The van der Waals surface area contributed by atoms with Crippen molar-refractivity contribution in [3.8, 4) is 17.3 Å². The second-order valence-corrected chi connectivity index (χ2v) is 17.0. The molecule has 0 saturated heterocycles. The number of fused-ring (bicyclic) bond motifs is 8. The summed E-state index contributed by atoms with van der Waals surface area (Å²) < 4.78 is 11.8. The van der Waals surface area contributed by atoms with Crippen LogP contribution in [0.15, 0.2) is 115 Å². The van der Waals surface area contributed by atoms with Gasteiger partial charge in [-0.3, -0.25) is 4.57 Å². The molecule has 0 aliphatic carbocycles. The number of benzene rings is 5. The third-order valence-corrected chi connectivity index (χ3v) is 11.5. The van der Waals surface area contributed by atoms with Gasteiger partial charge in [0.1, 0.15) is 17.3 Å². The minimum atomic E-state index is -0.0796. The van der Waals surface area contributed by atoms with Crippen LogP contribution in [-0.4, -0.2) is 23.3 Å². The van der Waals surface area contributed by atoms with E-state index in [1.807, 2.05) is 17.5 Å².